The molecule has 0 bridgehead atoms. The molecule has 0 spiro atoms. The molecule has 0 saturated heterocycles. The summed E-state index contributed by atoms with van der Waals surface area (Å²) >= 11 is 0. The van der Waals surface area contributed by atoms with Crippen LogP contribution in [0.4, 0.5) is 0 Å². The highest BCUT2D eigenvalue weighted by molar-refractivity contribution is 5.69. The molecule has 0 aliphatic rings. The minimum Gasteiger partial charge on any atom is -0.489 e. The molecular formula is C20H24O3. The zero-order valence-corrected chi connectivity index (χ0v) is 13.8. The van der Waals surface area contributed by atoms with E-state index in [1.807, 2.05) is 61.5 Å². The average molecular weight is 312 g/mol. The van der Waals surface area contributed by atoms with Crippen molar-refractivity contribution in [2.24, 2.45) is 0 Å². The highest BCUT2D eigenvalue weighted by Gasteiger charge is 2.11. The summed E-state index contributed by atoms with van der Waals surface area (Å²) in [7, 11) is 0. The summed E-state index contributed by atoms with van der Waals surface area (Å²) in [6.45, 7) is 4.50. The highest BCUT2D eigenvalue weighted by Crippen LogP contribution is 2.21. The van der Waals surface area contributed by atoms with E-state index in [0.717, 1.165) is 29.7 Å². The Hall–Kier alpha value is -2.29. The molecule has 0 fully saturated rings. The van der Waals surface area contributed by atoms with E-state index in [1.165, 1.54) is 0 Å². The van der Waals surface area contributed by atoms with Gasteiger partial charge in [-0.2, -0.15) is 0 Å². The monoisotopic (exact) mass is 312 g/mol. The molecule has 0 N–H and O–H groups in total. The van der Waals surface area contributed by atoms with E-state index >= 15 is 0 Å². The Balaban J connectivity index is 1.85. The molecule has 1 atom stereocenters. The minimum absolute atomic E-state index is 0.135. The van der Waals surface area contributed by atoms with Gasteiger partial charge in [-0.05, 0) is 36.6 Å². The maximum absolute atomic E-state index is 11.7. The highest BCUT2D eigenvalue weighted by atomic mass is 16.5. The van der Waals surface area contributed by atoms with Crippen LogP contribution in [-0.2, 0) is 16.1 Å². The van der Waals surface area contributed by atoms with E-state index in [9.17, 15) is 4.79 Å². The molecule has 0 heterocycles. The SMILES string of the molecule is CCCCC(=O)OC(C)c1ccc(OCc2ccccc2)cc1. The van der Waals surface area contributed by atoms with Crippen molar-refractivity contribution in [2.45, 2.75) is 45.8 Å². The molecule has 1 unspecified atom stereocenters. The zero-order chi connectivity index (χ0) is 16.5. The molecule has 3 nitrogen and oxygen atoms in total. The van der Waals surface area contributed by atoms with Crippen LogP contribution in [0.25, 0.3) is 0 Å². The molecule has 0 aliphatic carbocycles. The smallest absolute Gasteiger partial charge is 0.306 e. The molecule has 23 heavy (non-hydrogen) atoms. The molecule has 0 saturated carbocycles. The second-order valence-corrected chi connectivity index (χ2v) is 5.58. The lowest BCUT2D eigenvalue weighted by Gasteiger charge is -2.14. The summed E-state index contributed by atoms with van der Waals surface area (Å²) in [6, 6.07) is 17.8. The van der Waals surface area contributed by atoms with Crippen LogP contribution < -0.4 is 4.74 Å². The standard InChI is InChI=1S/C20H24O3/c1-3-4-10-20(21)23-16(2)18-11-13-19(14-12-18)22-15-17-8-6-5-7-9-17/h5-9,11-14,16H,3-4,10,15H2,1-2H3. The van der Waals surface area contributed by atoms with Crippen LogP contribution in [0.5, 0.6) is 5.75 Å². The van der Waals surface area contributed by atoms with Crippen LogP contribution in [0.3, 0.4) is 0 Å². The summed E-state index contributed by atoms with van der Waals surface area (Å²) in [4.78, 5) is 11.7. The second kappa shape index (κ2) is 8.99. The lowest BCUT2D eigenvalue weighted by Crippen LogP contribution is -2.08. The zero-order valence-electron chi connectivity index (χ0n) is 13.8. The van der Waals surface area contributed by atoms with Crippen LogP contribution in [-0.4, -0.2) is 5.97 Å². The number of esters is 1. The Bertz CT molecular complexity index is 590. The maximum atomic E-state index is 11.7. The van der Waals surface area contributed by atoms with Gasteiger partial charge in [-0.1, -0.05) is 55.8 Å². The van der Waals surface area contributed by atoms with Crippen molar-refractivity contribution in [3.05, 3.63) is 65.7 Å². The fourth-order valence-corrected chi connectivity index (χ4v) is 2.22. The van der Waals surface area contributed by atoms with Crippen molar-refractivity contribution < 1.29 is 14.3 Å². The number of rotatable bonds is 8. The van der Waals surface area contributed by atoms with Gasteiger partial charge in [0, 0.05) is 6.42 Å². The van der Waals surface area contributed by atoms with Crippen molar-refractivity contribution in [3.8, 4) is 5.75 Å². The van der Waals surface area contributed by atoms with Gasteiger partial charge in [0.05, 0.1) is 0 Å². The molecule has 0 aliphatic heterocycles. The van der Waals surface area contributed by atoms with Crippen LogP contribution >= 0.6 is 0 Å². The molecule has 2 aromatic carbocycles. The summed E-state index contributed by atoms with van der Waals surface area (Å²) in [5, 5.41) is 0. The number of carbonyl (C=O) groups excluding carboxylic acids is 1. The van der Waals surface area contributed by atoms with E-state index in [0.29, 0.717) is 13.0 Å². The summed E-state index contributed by atoms with van der Waals surface area (Å²) < 4.78 is 11.2. The van der Waals surface area contributed by atoms with Gasteiger partial charge in [-0.15, -0.1) is 0 Å². The first-order valence-corrected chi connectivity index (χ1v) is 8.15. The first kappa shape index (κ1) is 17.1. The van der Waals surface area contributed by atoms with E-state index in [4.69, 9.17) is 9.47 Å². The van der Waals surface area contributed by atoms with Crippen molar-refractivity contribution >= 4 is 5.97 Å². The van der Waals surface area contributed by atoms with Gasteiger partial charge in [0.1, 0.15) is 18.5 Å². The lowest BCUT2D eigenvalue weighted by molar-refractivity contribution is -0.148. The van der Waals surface area contributed by atoms with E-state index in [2.05, 4.69) is 6.92 Å². The fourth-order valence-electron chi connectivity index (χ4n) is 2.22. The molecule has 2 aromatic rings. The Morgan fingerprint density at radius 3 is 2.39 bits per heavy atom. The summed E-state index contributed by atoms with van der Waals surface area (Å²) in [5.74, 6) is 0.672. The molecule has 0 amide bonds. The van der Waals surface area contributed by atoms with E-state index < -0.39 is 0 Å². The number of ether oxygens (including phenoxy) is 2. The Labute approximate surface area is 138 Å². The van der Waals surface area contributed by atoms with Crippen LogP contribution in [0.1, 0.15) is 50.3 Å². The third-order valence-electron chi connectivity index (χ3n) is 3.64. The molecule has 122 valence electrons. The molecule has 2 rings (SSSR count). The fraction of sp³-hybridized carbons (Fsp3) is 0.350. The number of hydrogen-bond acceptors (Lipinski definition) is 3. The van der Waals surface area contributed by atoms with Gasteiger partial charge in [0.15, 0.2) is 0 Å². The predicted molar refractivity (Wildman–Crippen MR) is 91.2 cm³/mol. The van der Waals surface area contributed by atoms with Gasteiger partial charge >= 0.3 is 5.97 Å². The Kier molecular flexibility index (Phi) is 6.67. The summed E-state index contributed by atoms with van der Waals surface area (Å²) in [6.07, 6.45) is 2.12. The molecular weight excluding hydrogens is 288 g/mol. The van der Waals surface area contributed by atoms with Crippen molar-refractivity contribution in [2.75, 3.05) is 0 Å². The largest absolute Gasteiger partial charge is 0.489 e. The quantitative estimate of drug-likeness (QED) is 0.639. The van der Waals surface area contributed by atoms with Crippen molar-refractivity contribution in [1.29, 1.82) is 0 Å². The first-order chi connectivity index (χ1) is 11.2. The molecule has 3 heteroatoms. The van der Waals surface area contributed by atoms with Crippen molar-refractivity contribution in [1.82, 2.24) is 0 Å². The number of unbranched alkanes of at least 4 members (excludes halogenated alkanes) is 1. The van der Waals surface area contributed by atoms with Crippen LogP contribution in [0, 0.1) is 0 Å². The average Bonchev–Trinajstić information content (AvgIpc) is 2.59. The third-order valence-corrected chi connectivity index (χ3v) is 3.64. The summed E-state index contributed by atoms with van der Waals surface area (Å²) in [5.41, 5.74) is 2.11. The second-order valence-electron chi connectivity index (χ2n) is 5.58. The van der Waals surface area contributed by atoms with Crippen molar-refractivity contribution in [3.63, 3.8) is 0 Å². The minimum atomic E-state index is -0.234. The first-order valence-electron chi connectivity index (χ1n) is 8.15. The Morgan fingerprint density at radius 1 is 1.04 bits per heavy atom. The lowest BCUT2D eigenvalue weighted by atomic mass is 10.1. The Morgan fingerprint density at radius 2 is 1.74 bits per heavy atom. The number of benzene rings is 2. The third kappa shape index (κ3) is 5.78. The van der Waals surface area contributed by atoms with Gasteiger partial charge < -0.3 is 9.47 Å². The van der Waals surface area contributed by atoms with E-state index in [-0.39, 0.29) is 12.1 Å². The molecule has 0 radical (unpaired) electrons. The van der Waals surface area contributed by atoms with Gasteiger partial charge in [0.2, 0.25) is 0 Å². The van der Waals surface area contributed by atoms with Crippen LogP contribution in [0.15, 0.2) is 54.6 Å². The number of hydrogen-bond donors (Lipinski definition) is 0. The number of carbonyl (C=O) groups is 1. The topological polar surface area (TPSA) is 35.5 Å². The molecule has 0 aromatic heterocycles. The normalized spacial score (nSPS) is 11.7. The van der Waals surface area contributed by atoms with Gasteiger partial charge in [-0.3, -0.25) is 4.79 Å². The van der Waals surface area contributed by atoms with Crippen LogP contribution in [0.2, 0.25) is 0 Å². The predicted octanol–water partition coefficient (Wildman–Crippen LogP) is 5.06. The van der Waals surface area contributed by atoms with E-state index in [1.54, 1.807) is 0 Å². The van der Waals surface area contributed by atoms with Gasteiger partial charge in [0.25, 0.3) is 0 Å². The van der Waals surface area contributed by atoms with Gasteiger partial charge in [-0.25, -0.2) is 0 Å². The maximum Gasteiger partial charge on any atom is 0.306 e.